The normalized spacial score (nSPS) is 16.2. The Labute approximate surface area is 330 Å². The fourth-order valence-electron chi connectivity index (χ4n) is 8.52. The van der Waals surface area contributed by atoms with Crippen molar-refractivity contribution in [2.45, 2.75) is 257 Å². The first-order valence-corrected chi connectivity index (χ1v) is 23.6. The molecule has 314 valence electrons. The molecule has 0 saturated carbocycles. The number of unbranched alkanes of at least 4 members (excludes halogenated alkanes) is 22. The number of hydrogen-bond donors (Lipinski definition) is 0. The molecule has 0 bridgehead atoms. The van der Waals surface area contributed by atoms with Gasteiger partial charge in [-0.1, -0.05) is 162 Å². The van der Waals surface area contributed by atoms with Crippen molar-refractivity contribution in [3.05, 3.63) is 0 Å². The first kappa shape index (κ1) is 49.9. The molecule has 0 amide bonds. The maximum atomic E-state index is 12.9. The van der Waals surface area contributed by atoms with Gasteiger partial charge in [-0.15, -0.1) is 0 Å². The molecule has 1 aliphatic heterocycles. The minimum atomic E-state index is -0.0176. The quantitative estimate of drug-likeness (QED) is 0.0459. The second-order valence-corrected chi connectivity index (χ2v) is 16.7. The van der Waals surface area contributed by atoms with Gasteiger partial charge in [-0.05, 0) is 77.2 Å². The van der Waals surface area contributed by atoms with Crippen LogP contribution in [0.25, 0.3) is 0 Å². The van der Waals surface area contributed by atoms with Crippen LogP contribution in [0.15, 0.2) is 0 Å². The van der Waals surface area contributed by atoms with E-state index in [1.165, 1.54) is 154 Å². The van der Waals surface area contributed by atoms with Crippen LogP contribution in [0.4, 0.5) is 0 Å². The molecule has 0 aromatic heterocycles. The zero-order valence-corrected chi connectivity index (χ0v) is 36.1. The number of carbonyl (C=O) groups is 2. The lowest BCUT2D eigenvalue weighted by Gasteiger charge is -2.39. The average Bonchev–Trinajstić information content (AvgIpc) is 3.56. The second-order valence-electron chi connectivity index (χ2n) is 16.7. The summed E-state index contributed by atoms with van der Waals surface area (Å²) in [6.45, 7) is 10.3. The van der Waals surface area contributed by atoms with E-state index in [2.05, 4.69) is 25.7 Å². The van der Waals surface area contributed by atoms with Gasteiger partial charge < -0.3 is 14.2 Å². The van der Waals surface area contributed by atoms with Crippen LogP contribution in [0.5, 0.6) is 0 Å². The van der Waals surface area contributed by atoms with Gasteiger partial charge in [-0.3, -0.25) is 14.5 Å². The number of hydrogen-bond acceptors (Lipinski definition) is 6. The standard InChI is InChI=1S/C47H91NO5/c1-5-8-11-14-17-18-19-24-31-42-52-45(49)35-28-30-38-47(39-32-40-48(47)41-43-51-4)37-29-23-22-27-36-46(50)53-44(33-25-20-15-12-9-6-2)34-26-21-16-13-10-7-3/h44H,5-43H2,1-4H3. The Morgan fingerprint density at radius 1 is 0.547 bits per heavy atom. The molecule has 1 unspecified atom stereocenters. The number of nitrogens with zero attached hydrogens (tertiary/aromatic N) is 1. The fourth-order valence-corrected chi connectivity index (χ4v) is 8.52. The second kappa shape index (κ2) is 36.5. The summed E-state index contributed by atoms with van der Waals surface area (Å²) in [5, 5.41) is 0. The minimum Gasteiger partial charge on any atom is -0.466 e. The summed E-state index contributed by atoms with van der Waals surface area (Å²) in [6.07, 6.45) is 41.4. The first-order valence-electron chi connectivity index (χ1n) is 23.6. The van der Waals surface area contributed by atoms with E-state index in [1.54, 1.807) is 7.11 Å². The molecule has 1 aliphatic rings. The van der Waals surface area contributed by atoms with Crippen LogP contribution in [0.3, 0.4) is 0 Å². The van der Waals surface area contributed by atoms with Crippen LogP contribution in [0.1, 0.15) is 245 Å². The van der Waals surface area contributed by atoms with Crippen molar-refractivity contribution in [3.8, 4) is 0 Å². The van der Waals surface area contributed by atoms with Crippen LogP contribution in [-0.2, 0) is 23.8 Å². The first-order chi connectivity index (χ1) is 26.0. The van der Waals surface area contributed by atoms with Gasteiger partial charge >= 0.3 is 11.9 Å². The minimum absolute atomic E-state index is 0.0176. The van der Waals surface area contributed by atoms with Crippen LogP contribution >= 0.6 is 0 Å². The highest BCUT2D eigenvalue weighted by Gasteiger charge is 2.39. The summed E-state index contributed by atoms with van der Waals surface area (Å²) in [5.74, 6) is 0.00704. The van der Waals surface area contributed by atoms with E-state index in [0.29, 0.717) is 19.4 Å². The summed E-state index contributed by atoms with van der Waals surface area (Å²) in [6, 6.07) is 0. The molecule has 1 fully saturated rings. The predicted molar refractivity (Wildman–Crippen MR) is 226 cm³/mol. The maximum absolute atomic E-state index is 12.9. The van der Waals surface area contributed by atoms with Gasteiger partial charge in [0.15, 0.2) is 0 Å². The van der Waals surface area contributed by atoms with Crippen LogP contribution in [0.2, 0.25) is 0 Å². The fraction of sp³-hybridized carbons (Fsp3) is 0.957. The highest BCUT2D eigenvalue weighted by Crippen LogP contribution is 2.38. The van der Waals surface area contributed by atoms with Crippen LogP contribution in [-0.4, -0.2) is 61.9 Å². The molecule has 0 aliphatic carbocycles. The molecule has 6 nitrogen and oxygen atoms in total. The summed E-state index contributed by atoms with van der Waals surface area (Å²) in [5.41, 5.74) is 0.220. The van der Waals surface area contributed by atoms with Crippen molar-refractivity contribution in [1.82, 2.24) is 4.90 Å². The molecule has 1 atom stereocenters. The van der Waals surface area contributed by atoms with E-state index in [1.807, 2.05) is 0 Å². The SMILES string of the molecule is CCCCCCCCCCCOC(=O)CCCCC1(CCCCCCC(=O)OC(CCCCCCCC)CCCCCCCC)CCCN1CCOC. The van der Waals surface area contributed by atoms with Crippen LogP contribution < -0.4 is 0 Å². The van der Waals surface area contributed by atoms with Crippen LogP contribution in [0, 0.1) is 0 Å². The highest BCUT2D eigenvalue weighted by atomic mass is 16.5. The highest BCUT2D eigenvalue weighted by molar-refractivity contribution is 5.69. The Balaban J connectivity index is 2.37. The van der Waals surface area contributed by atoms with Gasteiger partial charge in [0, 0.05) is 32.0 Å². The molecule has 0 N–H and O–H groups in total. The Kier molecular flexibility index (Phi) is 34.3. The van der Waals surface area contributed by atoms with E-state index < -0.39 is 0 Å². The molecule has 1 heterocycles. The summed E-state index contributed by atoms with van der Waals surface area (Å²) in [7, 11) is 1.80. The summed E-state index contributed by atoms with van der Waals surface area (Å²) in [4.78, 5) is 28.0. The van der Waals surface area contributed by atoms with E-state index in [-0.39, 0.29) is 23.6 Å². The number of likely N-dealkylation sites (tertiary alicyclic amines) is 1. The predicted octanol–water partition coefficient (Wildman–Crippen LogP) is 13.9. The largest absolute Gasteiger partial charge is 0.466 e. The molecule has 1 rings (SSSR count). The van der Waals surface area contributed by atoms with E-state index in [9.17, 15) is 9.59 Å². The van der Waals surface area contributed by atoms with Crippen molar-refractivity contribution < 1.29 is 23.8 Å². The van der Waals surface area contributed by atoms with E-state index in [0.717, 1.165) is 77.5 Å². The van der Waals surface area contributed by atoms with Gasteiger partial charge in [0.2, 0.25) is 0 Å². The molecule has 53 heavy (non-hydrogen) atoms. The zero-order valence-electron chi connectivity index (χ0n) is 36.1. The van der Waals surface area contributed by atoms with Gasteiger partial charge in [0.25, 0.3) is 0 Å². The number of ether oxygens (including phenoxy) is 3. The molecule has 0 spiro atoms. The topological polar surface area (TPSA) is 65.1 Å². The van der Waals surface area contributed by atoms with Crippen molar-refractivity contribution in [3.63, 3.8) is 0 Å². The molecule has 6 heteroatoms. The molecule has 0 aromatic carbocycles. The lowest BCUT2D eigenvalue weighted by Crippen LogP contribution is -2.45. The number of esters is 2. The van der Waals surface area contributed by atoms with Gasteiger partial charge in [-0.25, -0.2) is 0 Å². The lowest BCUT2D eigenvalue weighted by atomic mass is 9.84. The maximum Gasteiger partial charge on any atom is 0.306 e. The Hall–Kier alpha value is -1.14. The Morgan fingerprint density at radius 3 is 1.57 bits per heavy atom. The smallest absolute Gasteiger partial charge is 0.306 e. The van der Waals surface area contributed by atoms with Gasteiger partial charge in [0.1, 0.15) is 6.10 Å². The average molecular weight is 750 g/mol. The number of rotatable bonds is 40. The third-order valence-corrected chi connectivity index (χ3v) is 11.9. The molecule has 1 saturated heterocycles. The van der Waals surface area contributed by atoms with E-state index in [4.69, 9.17) is 14.2 Å². The third kappa shape index (κ3) is 28.0. The van der Waals surface area contributed by atoms with Gasteiger partial charge in [0.05, 0.1) is 13.2 Å². The van der Waals surface area contributed by atoms with Crippen molar-refractivity contribution in [1.29, 1.82) is 0 Å². The lowest BCUT2D eigenvalue weighted by molar-refractivity contribution is -0.150. The zero-order chi connectivity index (χ0) is 38.5. The monoisotopic (exact) mass is 750 g/mol. The Morgan fingerprint density at radius 2 is 1.00 bits per heavy atom. The molecule has 0 aromatic rings. The van der Waals surface area contributed by atoms with Crippen molar-refractivity contribution in [2.24, 2.45) is 0 Å². The van der Waals surface area contributed by atoms with Crippen molar-refractivity contribution >= 4 is 11.9 Å². The van der Waals surface area contributed by atoms with Crippen molar-refractivity contribution in [2.75, 3.05) is 33.4 Å². The molecular formula is C47H91NO5. The molecule has 0 radical (unpaired) electrons. The third-order valence-electron chi connectivity index (χ3n) is 11.9. The Bertz CT molecular complexity index is 805. The van der Waals surface area contributed by atoms with Gasteiger partial charge in [-0.2, -0.15) is 0 Å². The number of methoxy groups -OCH3 is 1. The summed E-state index contributed by atoms with van der Waals surface area (Å²) < 4.78 is 17.2. The summed E-state index contributed by atoms with van der Waals surface area (Å²) >= 11 is 0. The molecular weight excluding hydrogens is 659 g/mol. The number of carbonyl (C=O) groups excluding carboxylic acids is 2. The van der Waals surface area contributed by atoms with E-state index >= 15 is 0 Å².